The van der Waals surface area contributed by atoms with E-state index in [4.69, 9.17) is 9.47 Å². The molecule has 1 N–H and O–H groups in total. The van der Waals surface area contributed by atoms with Crippen LogP contribution in [0.4, 0.5) is 0 Å². The van der Waals surface area contributed by atoms with Crippen molar-refractivity contribution in [1.29, 1.82) is 0 Å². The van der Waals surface area contributed by atoms with Gasteiger partial charge in [-0.25, -0.2) is 0 Å². The molecule has 0 heterocycles. The van der Waals surface area contributed by atoms with Gasteiger partial charge < -0.3 is 14.6 Å². The van der Waals surface area contributed by atoms with Crippen molar-refractivity contribution in [2.24, 2.45) is 0 Å². The topological polar surface area (TPSA) is 55.8 Å². The lowest BCUT2D eigenvalue weighted by Crippen LogP contribution is -2.05. The highest BCUT2D eigenvalue weighted by Gasteiger charge is 2.16. The first-order valence-electron chi connectivity index (χ1n) is 6.17. The Morgan fingerprint density at radius 2 is 1.80 bits per heavy atom. The summed E-state index contributed by atoms with van der Waals surface area (Å²) in [6, 6.07) is 12.1. The third-order valence-corrected chi connectivity index (χ3v) is 3.05. The standard InChI is InChI=1S/C16H16O4/c1-19-12-8-15(18)13(16(9-12)20-2)10-14(17)11-6-4-3-5-7-11/h3-9,18H,10H2,1-2H3. The summed E-state index contributed by atoms with van der Waals surface area (Å²) in [6.07, 6.45) is 0.0724. The number of benzene rings is 2. The van der Waals surface area contributed by atoms with Crippen molar-refractivity contribution in [3.8, 4) is 17.2 Å². The molecule has 104 valence electrons. The third kappa shape index (κ3) is 2.91. The monoisotopic (exact) mass is 272 g/mol. The highest BCUT2D eigenvalue weighted by molar-refractivity contribution is 5.98. The van der Waals surface area contributed by atoms with Crippen molar-refractivity contribution in [2.75, 3.05) is 14.2 Å². The molecule has 4 heteroatoms. The molecule has 0 aromatic heterocycles. The van der Waals surface area contributed by atoms with E-state index in [1.807, 2.05) is 6.07 Å². The maximum atomic E-state index is 12.2. The molecular weight excluding hydrogens is 256 g/mol. The summed E-state index contributed by atoms with van der Waals surface area (Å²) in [5.74, 6) is 0.830. The summed E-state index contributed by atoms with van der Waals surface area (Å²) in [5, 5.41) is 10.0. The average molecular weight is 272 g/mol. The number of phenols is 1. The Bertz CT molecular complexity index is 605. The van der Waals surface area contributed by atoms with Crippen LogP contribution in [-0.2, 0) is 6.42 Å². The zero-order valence-electron chi connectivity index (χ0n) is 11.4. The van der Waals surface area contributed by atoms with Crippen LogP contribution in [0.1, 0.15) is 15.9 Å². The predicted octanol–water partition coefficient (Wildman–Crippen LogP) is 2.83. The molecule has 0 saturated heterocycles. The number of methoxy groups -OCH3 is 2. The van der Waals surface area contributed by atoms with Crippen LogP contribution < -0.4 is 9.47 Å². The van der Waals surface area contributed by atoms with Gasteiger partial charge in [0.2, 0.25) is 0 Å². The Morgan fingerprint density at radius 1 is 1.10 bits per heavy atom. The van der Waals surface area contributed by atoms with E-state index >= 15 is 0 Å². The third-order valence-electron chi connectivity index (χ3n) is 3.05. The second-order valence-corrected chi connectivity index (χ2v) is 4.29. The number of carbonyl (C=O) groups excluding carboxylic acids is 1. The number of ketones is 1. The highest BCUT2D eigenvalue weighted by Crippen LogP contribution is 2.34. The Kier molecular flexibility index (Phi) is 4.25. The van der Waals surface area contributed by atoms with Crippen LogP contribution in [0, 0.1) is 0 Å². The van der Waals surface area contributed by atoms with Gasteiger partial charge >= 0.3 is 0 Å². The minimum atomic E-state index is -0.0793. The molecule has 0 fully saturated rings. The molecule has 0 aliphatic carbocycles. The predicted molar refractivity (Wildman–Crippen MR) is 75.7 cm³/mol. The normalized spacial score (nSPS) is 10.1. The Labute approximate surface area is 117 Å². The molecule has 0 aliphatic rings. The summed E-state index contributed by atoms with van der Waals surface area (Å²) in [5.41, 5.74) is 1.06. The van der Waals surface area contributed by atoms with E-state index in [0.29, 0.717) is 22.6 Å². The maximum Gasteiger partial charge on any atom is 0.167 e. The van der Waals surface area contributed by atoms with Gasteiger partial charge in [0, 0.05) is 29.7 Å². The van der Waals surface area contributed by atoms with E-state index in [2.05, 4.69) is 0 Å². The quantitative estimate of drug-likeness (QED) is 0.850. The molecule has 0 saturated carbocycles. The summed E-state index contributed by atoms with van der Waals surface area (Å²) >= 11 is 0. The molecule has 2 aromatic rings. The summed E-state index contributed by atoms with van der Waals surface area (Å²) in [4.78, 5) is 12.2. The molecule has 0 atom stereocenters. The SMILES string of the molecule is COc1cc(O)c(CC(=O)c2ccccc2)c(OC)c1. The van der Waals surface area contributed by atoms with E-state index in [-0.39, 0.29) is 18.0 Å². The van der Waals surface area contributed by atoms with Crippen molar-refractivity contribution in [2.45, 2.75) is 6.42 Å². The lowest BCUT2D eigenvalue weighted by molar-refractivity contribution is 0.0991. The van der Waals surface area contributed by atoms with E-state index in [1.54, 1.807) is 30.3 Å². The molecule has 2 aromatic carbocycles. The number of ether oxygens (including phenoxy) is 2. The van der Waals surface area contributed by atoms with E-state index in [9.17, 15) is 9.90 Å². The second-order valence-electron chi connectivity index (χ2n) is 4.29. The van der Waals surface area contributed by atoms with Crippen LogP contribution in [0.2, 0.25) is 0 Å². The van der Waals surface area contributed by atoms with Crippen molar-refractivity contribution < 1.29 is 19.4 Å². The molecule has 0 aliphatic heterocycles. The fourth-order valence-corrected chi connectivity index (χ4v) is 1.97. The van der Waals surface area contributed by atoms with Gasteiger partial charge in [-0.15, -0.1) is 0 Å². The fraction of sp³-hybridized carbons (Fsp3) is 0.188. The molecular formula is C16H16O4. The number of hydrogen-bond donors (Lipinski definition) is 1. The van der Waals surface area contributed by atoms with Crippen LogP contribution in [0.25, 0.3) is 0 Å². The summed E-state index contributed by atoms with van der Waals surface area (Å²) in [7, 11) is 2.99. The second kappa shape index (κ2) is 6.10. The zero-order valence-corrected chi connectivity index (χ0v) is 11.4. The minimum Gasteiger partial charge on any atom is -0.507 e. The van der Waals surface area contributed by atoms with E-state index < -0.39 is 0 Å². The highest BCUT2D eigenvalue weighted by atomic mass is 16.5. The van der Waals surface area contributed by atoms with Crippen LogP contribution in [0.3, 0.4) is 0 Å². The summed E-state index contributed by atoms with van der Waals surface area (Å²) in [6.45, 7) is 0. The molecule has 0 amide bonds. The van der Waals surface area contributed by atoms with Crippen molar-refractivity contribution in [1.82, 2.24) is 0 Å². The van der Waals surface area contributed by atoms with Gasteiger partial charge in [-0.3, -0.25) is 4.79 Å². The number of Topliss-reactive ketones (excluding diaryl/α,β-unsaturated/α-hetero) is 1. The average Bonchev–Trinajstić information content (AvgIpc) is 2.49. The van der Waals surface area contributed by atoms with Crippen molar-refractivity contribution in [3.05, 3.63) is 53.6 Å². The van der Waals surface area contributed by atoms with Crippen LogP contribution in [0.5, 0.6) is 17.2 Å². The molecule has 0 radical (unpaired) electrons. The first-order valence-corrected chi connectivity index (χ1v) is 6.17. The Morgan fingerprint density at radius 3 is 2.40 bits per heavy atom. The zero-order chi connectivity index (χ0) is 14.5. The van der Waals surface area contributed by atoms with Crippen molar-refractivity contribution >= 4 is 5.78 Å². The fourth-order valence-electron chi connectivity index (χ4n) is 1.97. The van der Waals surface area contributed by atoms with Gasteiger partial charge in [0.05, 0.1) is 14.2 Å². The summed E-state index contributed by atoms with van der Waals surface area (Å²) < 4.78 is 10.3. The van der Waals surface area contributed by atoms with Crippen molar-refractivity contribution in [3.63, 3.8) is 0 Å². The first-order chi connectivity index (χ1) is 9.65. The van der Waals surface area contributed by atoms with Gasteiger partial charge in [0.25, 0.3) is 0 Å². The minimum absolute atomic E-state index is 0.00881. The number of hydrogen-bond acceptors (Lipinski definition) is 4. The molecule has 0 unspecified atom stereocenters. The smallest absolute Gasteiger partial charge is 0.167 e. The largest absolute Gasteiger partial charge is 0.507 e. The van der Waals surface area contributed by atoms with Crippen LogP contribution in [0.15, 0.2) is 42.5 Å². The lowest BCUT2D eigenvalue weighted by atomic mass is 10.0. The molecule has 2 rings (SSSR count). The van der Waals surface area contributed by atoms with Gasteiger partial charge in [-0.1, -0.05) is 30.3 Å². The van der Waals surface area contributed by atoms with Gasteiger partial charge in [-0.05, 0) is 0 Å². The maximum absolute atomic E-state index is 12.2. The van der Waals surface area contributed by atoms with E-state index in [1.165, 1.54) is 20.3 Å². The Hall–Kier alpha value is -2.49. The van der Waals surface area contributed by atoms with Crippen LogP contribution >= 0.6 is 0 Å². The lowest BCUT2D eigenvalue weighted by Gasteiger charge is -2.12. The molecule has 0 bridgehead atoms. The molecule has 20 heavy (non-hydrogen) atoms. The van der Waals surface area contributed by atoms with Gasteiger partial charge in [0.1, 0.15) is 17.2 Å². The number of rotatable bonds is 5. The first kappa shape index (κ1) is 13.9. The van der Waals surface area contributed by atoms with Gasteiger partial charge in [-0.2, -0.15) is 0 Å². The number of carbonyl (C=O) groups is 1. The number of phenolic OH excluding ortho intramolecular Hbond substituents is 1. The number of aromatic hydroxyl groups is 1. The van der Waals surface area contributed by atoms with Crippen LogP contribution in [-0.4, -0.2) is 25.1 Å². The molecule has 4 nitrogen and oxygen atoms in total. The van der Waals surface area contributed by atoms with Gasteiger partial charge in [0.15, 0.2) is 5.78 Å². The molecule has 0 spiro atoms. The van der Waals surface area contributed by atoms with E-state index in [0.717, 1.165) is 0 Å². The Balaban J connectivity index is 2.31.